The topological polar surface area (TPSA) is 98.4 Å². The normalized spacial score (nSPS) is 29.6. The Hall–Kier alpha value is -2.77. The molecule has 154 valence electrons. The standard InChI is InChI=1S/C21H26N4O4/c1-28-19(26)18-3-2-17(29-18)12-25-11-16(10-22-25)23-20(27)24-21-7-13-4-14(8-21)6-15(5-13)9-21/h2-3,10-11,13-15H,4-9,12H2,1H3,(H2,23,24,27). The maximum Gasteiger partial charge on any atom is 0.373 e. The summed E-state index contributed by atoms with van der Waals surface area (Å²) in [7, 11) is 1.31. The molecule has 2 heterocycles. The maximum atomic E-state index is 12.6. The number of anilines is 1. The second-order valence-electron chi connectivity index (χ2n) is 8.96. The third kappa shape index (κ3) is 3.63. The van der Waals surface area contributed by atoms with Crippen molar-refractivity contribution >= 4 is 17.7 Å². The summed E-state index contributed by atoms with van der Waals surface area (Å²) in [4.78, 5) is 24.1. The lowest BCUT2D eigenvalue weighted by molar-refractivity contribution is -0.0127. The van der Waals surface area contributed by atoms with Crippen LogP contribution >= 0.6 is 0 Å². The van der Waals surface area contributed by atoms with Gasteiger partial charge in [0, 0.05) is 11.7 Å². The van der Waals surface area contributed by atoms with Crippen LogP contribution in [0.1, 0.15) is 54.8 Å². The predicted molar refractivity (Wildman–Crippen MR) is 104 cm³/mol. The fraction of sp³-hybridized carbons (Fsp3) is 0.571. The summed E-state index contributed by atoms with van der Waals surface area (Å²) in [6.07, 6.45) is 10.8. The number of amides is 2. The van der Waals surface area contributed by atoms with Crippen molar-refractivity contribution in [3.63, 3.8) is 0 Å². The molecular formula is C21H26N4O4. The van der Waals surface area contributed by atoms with Gasteiger partial charge in [0.25, 0.3) is 0 Å². The number of methoxy groups -OCH3 is 1. The number of ether oxygens (including phenoxy) is 1. The van der Waals surface area contributed by atoms with Crippen molar-refractivity contribution in [2.75, 3.05) is 12.4 Å². The van der Waals surface area contributed by atoms with Crippen LogP contribution in [0.15, 0.2) is 28.9 Å². The lowest BCUT2D eigenvalue weighted by Crippen LogP contribution is -2.60. The van der Waals surface area contributed by atoms with E-state index in [0.717, 1.165) is 37.0 Å². The average molecular weight is 398 g/mol. The molecule has 0 spiro atoms. The Balaban J connectivity index is 1.19. The van der Waals surface area contributed by atoms with Gasteiger partial charge < -0.3 is 19.8 Å². The quantitative estimate of drug-likeness (QED) is 0.752. The Morgan fingerprint density at radius 1 is 1.21 bits per heavy atom. The van der Waals surface area contributed by atoms with E-state index in [2.05, 4.69) is 20.5 Å². The monoisotopic (exact) mass is 398 g/mol. The Kier molecular flexibility index (Phi) is 4.37. The molecule has 4 aliphatic carbocycles. The molecule has 2 N–H and O–H groups in total. The molecule has 2 amide bonds. The van der Waals surface area contributed by atoms with Gasteiger partial charge >= 0.3 is 12.0 Å². The van der Waals surface area contributed by atoms with Crippen LogP contribution in [0.3, 0.4) is 0 Å². The van der Waals surface area contributed by atoms with Crippen molar-refractivity contribution in [2.45, 2.75) is 50.6 Å². The van der Waals surface area contributed by atoms with Crippen LogP contribution in [-0.4, -0.2) is 34.4 Å². The first-order chi connectivity index (χ1) is 14.0. The molecule has 4 aliphatic rings. The number of nitrogens with one attached hydrogen (secondary N) is 2. The van der Waals surface area contributed by atoms with E-state index in [1.807, 2.05) is 0 Å². The molecule has 4 saturated carbocycles. The number of aromatic nitrogens is 2. The summed E-state index contributed by atoms with van der Waals surface area (Å²) in [6.45, 7) is 0.356. The second-order valence-corrected chi connectivity index (χ2v) is 8.96. The molecule has 0 atom stereocenters. The molecule has 6 rings (SSSR count). The molecule has 0 aromatic carbocycles. The summed E-state index contributed by atoms with van der Waals surface area (Å²) in [6, 6.07) is 3.13. The molecule has 2 aromatic rings. The zero-order valence-electron chi connectivity index (χ0n) is 16.5. The number of carbonyl (C=O) groups excluding carboxylic acids is 2. The minimum atomic E-state index is -0.514. The van der Waals surface area contributed by atoms with Crippen LogP contribution in [0.2, 0.25) is 0 Å². The molecule has 0 unspecified atom stereocenters. The van der Waals surface area contributed by atoms with Crippen LogP contribution < -0.4 is 10.6 Å². The molecule has 0 radical (unpaired) electrons. The highest BCUT2D eigenvalue weighted by atomic mass is 16.5. The number of rotatable bonds is 5. The Labute approximate surface area is 169 Å². The number of urea groups is 1. The Morgan fingerprint density at radius 2 is 1.90 bits per heavy atom. The number of furan rings is 1. The smallest absolute Gasteiger partial charge is 0.373 e. The van der Waals surface area contributed by atoms with E-state index in [4.69, 9.17) is 4.42 Å². The van der Waals surface area contributed by atoms with Gasteiger partial charge in [-0.15, -0.1) is 0 Å². The second kappa shape index (κ2) is 6.93. The van der Waals surface area contributed by atoms with Crippen molar-refractivity contribution in [1.82, 2.24) is 15.1 Å². The van der Waals surface area contributed by atoms with Crippen LogP contribution in [0.4, 0.5) is 10.5 Å². The van der Waals surface area contributed by atoms with Gasteiger partial charge in [0.15, 0.2) is 0 Å². The Morgan fingerprint density at radius 3 is 2.55 bits per heavy atom. The summed E-state index contributed by atoms with van der Waals surface area (Å²) in [5, 5.41) is 10.5. The number of carbonyl (C=O) groups is 2. The minimum Gasteiger partial charge on any atom is -0.463 e. The fourth-order valence-electron chi connectivity index (χ4n) is 6.01. The molecule has 0 saturated heterocycles. The zero-order chi connectivity index (χ0) is 20.0. The third-order valence-electron chi connectivity index (χ3n) is 6.67. The van der Waals surface area contributed by atoms with Gasteiger partial charge in [0.2, 0.25) is 5.76 Å². The Bertz CT molecular complexity index is 895. The highest BCUT2D eigenvalue weighted by Crippen LogP contribution is 2.55. The van der Waals surface area contributed by atoms with E-state index in [-0.39, 0.29) is 17.3 Å². The molecule has 8 heteroatoms. The number of nitrogens with zero attached hydrogens (tertiary/aromatic N) is 2. The molecule has 8 nitrogen and oxygen atoms in total. The van der Waals surface area contributed by atoms with E-state index in [0.29, 0.717) is 18.0 Å². The van der Waals surface area contributed by atoms with E-state index in [1.165, 1.54) is 26.4 Å². The van der Waals surface area contributed by atoms with Crippen molar-refractivity contribution in [1.29, 1.82) is 0 Å². The van der Waals surface area contributed by atoms with E-state index in [9.17, 15) is 9.59 Å². The molecular weight excluding hydrogens is 372 g/mol. The van der Waals surface area contributed by atoms with Gasteiger partial charge in [0.1, 0.15) is 5.76 Å². The van der Waals surface area contributed by atoms with Gasteiger partial charge in [0.05, 0.1) is 25.5 Å². The summed E-state index contributed by atoms with van der Waals surface area (Å²) in [5.41, 5.74) is 0.611. The van der Waals surface area contributed by atoms with E-state index < -0.39 is 5.97 Å². The van der Waals surface area contributed by atoms with E-state index in [1.54, 1.807) is 29.2 Å². The minimum absolute atomic E-state index is 0.0206. The lowest BCUT2D eigenvalue weighted by Gasteiger charge is -2.56. The highest BCUT2D eigenvalue weighted by molar-refractivity contribution is 5.89. The van der Waals surface area contributed by atoms with Crippen molar-refractivity contribution < 1.29 is 18.7 Å². The van der Waals surface area contributed by atoms with Crippen LogP contribution in [0.25, 0.3) is 0 Å². The molecule has 4 fully saturated rings. The molecule has 29 heavy (non-hydrogen) atoms. The maximum absolute atomic E-state index is 12.6. The van der Waals surface area contributed by atoms with Gasteiger partial charge in [-0.25, -0.2) is 9.59 Å². The van der Waals surface area contributed by atoms with Crippen LogP contribution in [0.5, 0.6) is 0 Å². The largest absolute Gasteiger partial charge is 0.463 e. The van der Waals surface area contributed by atoms with E-state index >= 15 is 0 Å². The van der Waals surface area contributed by atoms with Crippen molar-refractivity contribution in [3.8, 4) is 0 Å². The molecule has 4 bridgehead atoms. The fourth-order valence-corrected chi connectivity index (χ4v) is 6.01. The average Bonchev–Trinajstić information content (AvgIpc) is 3.29. The predicted octanol–water partition coefficient (Wildman–Crippen LogP) is 3.40. The van der Waals surface area contributed by atoms with Gasteiger partial charge in [-0.1, -0.05) is 0 Å². The number of hydrogen-bond donors (Lipinski definition) is 2. The zero-order valence-corrected chi connectivity index (χ0v) is 16.5. The first-order valence-corrected chi connectivity index (χ1v) is 10.3. The first kappa shape index (κ1) is 18.3. The summed E-state index contributed by atoms with van der Waals surface area (Å²) in [5.74, 6) is 2.58. The van der Waals surface area contributed by atoms with Gasteiger partial charge in [-0.2, -0.15) is 5.10 Å². The van der Waals surface area contributed by atoms with Crippen molar-refractivity contribution in [3.05, 3.63) is 36.0 Å². The van der Waals surface area contributed by atoms with Crippen molar-refractivity contribution in [2.24, 2.45) is 17.8 Å². The first-order valence-electron chi connectivity index (χ1n) is 10.3. The summed E-state index contributed by atoms with van der Waals surface area (Å²) >= 11 is 0. The number of esters is 1. The van der Waals surface area contributed by atoms with Gasteiger partial charge in [-0.3, -0.25) is 4.68 Å². The lowest BCUT2D eigenvalue weighted by atomic mass is 9.53. The number of hydrogen-bond acceptors (Lipinski definition) is 5. The highest BCUT2D eigenvalue weighted by Gasteiger charge is 2.51. The molecule has 0 aliphatic heterocycles. The summed E-state index contributed by atoms with van der Waals surface area (Å²) < 4.78 is 11.7. The SMILES string of the molecule is COC(=O)c1ccc(Cn2cc(NC(=O)NC34CC5CC(CC(C5)C3)C4)cn2)o1. The molecule has 2 aromatic heterocycles. The van der Waals surface area contributed by atoms with Crippen LogP contribution in [0, 0.1) is 17.8 Å². The van der Waals surface area contributed by atoms with Crippen LogP contribution in [-0.2, 0) is 11.3 Å². The third-order valence-corrected chi connectivity index (χ3v) is 6.67. The van der Waals surface area contributed by atoms with Gasteiger partial charge in [-0.05, 0) is 68.4 Å².